The zero-order chi connectivity index (χ0) is 15.2. The van der Waals surface area contributed by atoms with Crippen molar-refractivity contribution in [2.24, 2.45) is 0 Å². The van der Waals surface area contributed by atoms with Gasteiger partial charge >= 0.3 is 5.97 Å². The highest BCUT2D eigenvalue weighted by Crippen LogP contribution is 2.26. The summed E-state index contributed by atoms with van der Waals surface area (Å²) in [6.07, 6.45) is 1.41. The van der Waals surface area contributed by atoms with Crippen LogP contribution in [0.5, 0.6) is 17.4 Å². The maximum atomic E-state index is 11.7. The first-order chi connectivity index (χ1) is 10.1. The van der Waals surface area contributed by atoms with Crippen LogP contribution in [-0.4, -0.2) is 24.7 Å². The van der Waals surface area contributed by atoms with Crippen LogP contribution < -0.4 is 15.2 Å². The molecule has 1 aromatic heterocycles. The van der Waals surface area contributed by atoms with Crippen molar-refractivity contribution in [2.45, 2.75) is 6.92 Å². The summed E-state index contributed by atoms with van der Waals surface area (Å²) in [4.78, 5) is 15.7. The van der Waals surface area contributed by atoms with Gasteiger partial charge in [-0.2, -0.15) is 0 Å². The number of ether oxygens (including phenoxy) is 3. The molecule has 6 nitrogen and oxygen atoms in total. The number of hydrogen-bond donors (Lipinski definition) is 1. The van der Waals surface area contributed by atoms with Gasteiger partial charge in [-0.3, -0.25) is 0 Å². The normalized spacial score (nSPS) is 10.0. The van der Waals surface area contributed by atoms with Gasteiger partial charge in [0.1, 0.15) is 17.1 Å². The molecule has 0 unspecified atom stereocenters. The molecular formula is C15H16N2O4. The first-order valence-electron chi connectivity index (χ1n) is 6.38. The van der Waals surface area contributed by atoms with Crippen molar-refractivity contribution in [1.29, 1.82) is 0 Å². The number of pyridine rings is 1. The molecule has 2 N–H and O–H groups in total. The molecule has 0 fully saturated rings. The Morgan fingerprint density at radius 1 is 1.24 bits per heavy atom. The molecule has 0 radical (unpaired) electrons. The molecule has 0 spiro atoms. The van der Waals surface area contributed by atoms with E-state index in [4.69, 9.17) is 15.2 Å². The van der Waals surface area contributed by atoms with Crippen LogP contribution >= 0.6 is 0 Å². The monoisotopic (exact) mass is 288 g/mol. The van der Waals surface area contributed by atoms with E-state index in [0.717, 1.165) is 5.75 Å². The highest BCUT2D eigenvalue weighted by Gasteiger charge is 2.16. The summed E-state index contributed by atoms with van der Waals surface area (Å²) in [5, 5.41) is 0. The van der Waals surface area contributed by atoms with Crippen LogP contribution in [0.25, 0.3) is 0 Å². The smallest absolute Gasteiger partial charge is 0.343 e. The summed E-state index contributed by atoms with van der Waals surface area (Å²) in [5.41, 5.74) is 6.15. The molecule has 0 atom stereocenters. The van der Waals surface area contributed by atoms with Gasteiger partial charge in [0.15, 0.2) is 0 Å². The maximum Gasteiger partial charge on any atom is 0.343 e. The van der Waals surface area contributed by atoms with Crippen LogP contribution in [0.3, 0.4) is 0 Å². The zero-order valence-electron chi connectivity index (χ0n) is 11.8. The molecule has 0 aliphatic carbocycles. The quantitative estimate of drug-likeness (QED) is 0.851. The lowest BCUT2D eigenvalue weighted by Gasteiger charge is -2.10. The number of anilines is 1. The minimum Gasteiger partial charge on any atom is -0.494 e. The maximum absolute atomic E-state index is 11.7. The molecule has 1 aromatic carbocycles. The van der Waals surface area contributed by atoms with Gasteiger partial charge in [0.25, 0.3) is 0 Å². The number of esters is 1. The first kappa shape index (κ1) is 14.6. The summed E-state index contributed by atoms with van der Waals surface area (Å²) >= 11 is 0. The number of rotatable bonds is 5. The van der Waals surface area contributed by atoms with Crippen LogP contribution in [0.1, 0.15) is 17.3 Å². The fraction of sp³-hybridized carbons (Fsp3) is 0.200. The van der Waals surface area contributed by atoms with Gasteiger partial charge in [0.05, 0.1) is 25.6 Å². The van der Waals surface area contributed by atoms with Crippen molar-refractivity contribution in [3.8, 4) is 17.4 Å². The van der Waals surface area contributed by atoms with Gasteiger partial charge < -0.3 is 19.9 Å². The highest BCUT2D eigenvalue weighted by molar-refractivity contribution is 5.92. The molecule has 6 heteroatoms. The fourth-order valence-electron chi connectivity index (χ4n) is 1.69. The molecule has 0 amide bonds. The SMILES string of the molecule is CCOc1ccc(Oc2ncc(N)cc2C(=O)OC)cc1. The Bertz CT molecular complexity index is 626. The molecule has 0 bridgehead atoms. The molecule has 21 heavy (non-hydrogen) atoms. The standard InChI is InChI=1S/C15H16N2O4/c1-3-20-11-4-6-12(7-5-11)21-14-13(15(18)19-2)8-10(16)9-17-14/h4-9H,3,16H2,1-2H3. The Balaban J connectivity index is 2.24. The predicted octanol–water partition coefficient (Wildman–Crippen LogP) is 2.64. The van der Waals surface area contributed by atoms with E-state index < -0.39 is 5.97 Å². The summed E-state index contributed by atoms with van der Waals surface area (Å²) in [6, 6.07) is 8.46. The number of nitrogen functional groups attached to an aromatic ring is 1. The van der Waals surface area contributed by atoms with Gasteiger partial charge in [-0.15, -0.1) is 0 Å². The van der Waals surface area contributed by atoms with Gasteiger partial charge in [0.2, 0.25) is 5.88 Å². The van der Waals surface area contributed by atoms with Gasteiger partial charge in [-0.1, -0.05) is 0 Å². The second-order valence-corrected chi connectivity index (χ2v) is 4.12. The van der Waals surface area contributed by atoms with Gasteiger partial charge in [0, 0.05) is 0 Å². The van der Waals surface area contributed by atoms with Crippen molar-refractivity contribution in [3.63, 3.8) is 0 Å². The second kappa shape index (κ2) is 6.60. The zero-order valence-corrected chi connectivity index (χ0v) is 11.8. The third-order valence-electron chi connectivity index (χ3n) is 2.63. The minimum atomic E-state index is -0.560. The summed E-state index contributed by atoms with van der Waals surface area (Å²) < 4.78 is 15.6. The van der Waals surface area contributed by atoms with Crippen molar-refractivity contribution in [1.82, 2.24) is 4.98 Å². The Labute approximate surface area is 122 Å². The molecule has 0 aliphatic heterocycles. The number of benzene rings is 1. The topological polar surface area (TPSA) is 83.7 Å². The lowest BCUT2D eigenvalue weighted by Crippen LogP contribution is -2.06. The summed E-state index contributed by atoms with van der Waals surface area (Å²) in [7, 11) is 1.28. The van der Waals surface area contributed by atoms with E-state index in [2.05, 4.69) is 9.72 Å². The molecule has 2 rings (SSSR count). The second-order valence-electron chi connectivity index (χ2n) is 4.12. The van der Waals surface area contributed by atoms with Gasteiger partial charge in [-0.05, 0) is 37.3 Å². The molecule has 0 saturated carbocycles. The predicted molar refractivity (Wildman–Crippen MR) is 77.7 cm³/mol. The van der Waals surface area contributed by atoms with Crippen LogP contribution in [0.4, 0.5) is 5.69 Å². The van der Waals surface area contributed by atoms with E-state index >= 15 is 0 Å². The van der Waals surface area contributed by atoms with Crippen molar-refractivity contribution in [2.75, 3.05) is 19.5 Å². The van der Waals surface area contributed by atoms with Crippen molar-refractivity contribution in [3.05, 3.63) is 42.1 Å². The number of methoxy groups -OCH3 is 1. The third-order valence-corrected chi connectivity index (χ3v) is 2.63. The number of nitrogens with zero attached hydrogens (tertiary/aromatic N) is 1. The van der Waals surface area contributed by atoms with E-state index in [-0.39, 0.29) is 11.4 Å². The molecule has 0 saturated heterocycles. The average molecular weight is 288 g/mol. The Morgan fingerprint density at radius 3 is 2.52 bits per heavy atom. The highest BCUT2D eigenvalue weighted by atomic mass is 16.5. The number of aromatic nitrogens is 1. The molecule has 2 aromatic rings. The number of hydrogen-bond acceptors (Lipinski definition) is 6. The molecule has 110 valence electrons. The van der Waals surface area contributed by atoms with E-state index in [9.17, 15) is 4.79 Å². The van der Waals surface area contributed by atoms with E-state index in [1.165, 1.54) is 19.4 Å². The van der Waals surface area contributed by atoms with Gasteiger partial charge in [-0.25, -0.2) is 9.78 Å². The summed E-state index contributed by atoms with van der Waals surface area (Å²) in [6.45, 7) is 2.50. The minimum absolute atomic E-state index is 0.139. The van der Waals surface area contributed by atoms with Crippen LogP contribution in [0.15, 0.2) is 36.5 Å². The molecule has 1 heterocycles. The molecule has 0 aliphatic rings. The van der Waals surface area contributed by atoms with E-state index in [1.54, 1.807) is 24.3 Å². The first-order valence-corrected chi connectivity index (χ1v) is 6.38. The lowest BCUT2D eigenvalue weighted by molar-refractivity contribution is 0.0597. The van der Waals surface area contributed by atoms with Crippen LogP contribution in [-0.2, 0) is 4.74 Å². The van der Waals surface area contributed by atoms with Crippen molar-refractivity contribution < 1.29 is 19.0 Å². The Hall–Kier alpha value is -2.76. The molecular weight excluding hydrogens is 272 g/mol. The van der Waals surface area contributed by atoms with Crippen LogP contribution in [0, 0.1) is 0 Å². The number of nitrogens with two attached hydrogens (primary N) is 1. The average Bonchev–Trinajstić information content (AvgIpc) is 2.50. The number of carbonyl (C=O) groups is 1. The van der Waals surface area contributed by atoms with Crippen molar-refractivity contribution >= 4 is 11.7 Å². The Morgan fingerprint density at radius 2 is 1.90 bits per heavy atom. The van der Waals surface area contributed by atoms with Crippen LogP contribution in [0.2, 0.25) is 0 Å². The lowest BCUT2D eigenvalue weighted by atomic mass is 10.2. The summed E-state index contributed by atoms with van der Waals surface area (Å²) in [5.74, 6) is 0.847. The van der Waals surface area contributed by atoms with E-state index in [0.29, 0.717) is 18.0 Å². The largest absolute Gasteiger partial charge is 0.494 e. The Kier molecular flexibility index (Phi) is 4.61. The number of carbonyl (C=O) groups excluding carboxylic acids is 1. The fourth-order valence-corrected chi connectivity index (χ4v) is 1.69. The van der Waals surface area contributed by atoms with E-state index in [1.807, 2.05) is 6.92 Å². The third kappa shape index (κ3) is 3.62.